The molecule has 0 aliphatic heterocycles. The summed E-state index contributed by atoms with van der Waals surface area (Å²) in [4.78, 5) is 28.1. The summed E-state index contributed by atoms with van der Waals surface area (Å²) in [6.45, 7) is 9.29. The molecule has 0 radical (unpaired) electrons. The van der Waals surface area contributed by atoms with Gasteiger partial charge < -0.3 is 9.72 Å². The lowest BCUT2D eigenvalue weighted by Gasteiger charge is -2.11. The quantitative estimate of drug-likeness (QED) is 0.375. The third kappa shape index (κ3) is 4.09. The van der Waals surface area contributed by atoms with Crippen LogP contribution in [0.25, 0.3) is 5.69 Å². The van der Waals surface area contributed by atoms with Crippen LogP contribution in [0.3, 0.4) is 0 Å². The van der Waals surface area contributed by atoms with Crippen molar-refractivity contribution in [1.29, 1.82) is 0 Å². The molecule has 3 rings (SSSR count). The Morgan fingerprint density at radius 1 is 1.14 bits per heavy atom. The Hall–Kier alpha value is -2.94. The first-order valence-electron chi connectivity index (χ1n) is 9.08. The number of carbonyl (C=O) groups is 2. The van der Waals surface area contributed by atoms with Crippen LogP contribution < -0.4 is 0 Å². The topological polar surface area (TPSA) is 103 Å². The summed E-state index contributed by atoms with van der Waals surface area (Å²) in [5, 5.41) is 12.0. The van der Waals surface area contributed by atoms with Crippen molar-refractivity contribution in [1.82, 2.24) is 25.2 Å². The first-order chi connectivity index (χ1) is 13.7. The van der Waals surface area contributed by atoms with Crippen LogP contribution in [0.15, 0.2) is 23.4 Å². The van der Waals surface area contributed by atoms with Crippen LogP contribution in [0, 0.1) is 27.7 Å². The molecule has 2 aromatic heterocycles. The first kappa shape index (κ1) is 20.8. The smallest absolute Gasteiger partial charge is 0.339 e. The number of thioether (sulfide) groups is 1. The van der Waals surface area contributed by atoms with Crippen LogP contribution in [0.2, 0.25) is 0 Å². The molecule has 0 aliphatic carbocycles. The summed E-state index contributed by atoms with van der Waals surface area (Å²) in [5.74, 6) is -0.602. The van der Waals surface area contributed by atoms with E-state index in [1.165, 1.54) is 18.9 Å². The van der Waals surface area contributed by atoms with Gasteiger partial charge in [-0.15, -0.1) is 5.10 Å². The maximum atomic E-state index is 13.0. The number of nitrogens with zero attached hydrogens (tertiary/aromatic N) is 4. The molecule has 152 valence electrons. The average Bonchev–Trinajstić information content (AvgIpc) is 3.23. The Bertz CT molecular complexity index is 1070. The molecule has 9 heteroatoms. The monoisotopic (exact) mass is 413 g/mol. The van der Waals surface area contributed by atoms with Crippen LogP contribution in [-0.2, 0) is 4.74 Å². The molecule has 0 saturated heterocycles. The second kappa shape index (κ2) is 8.20. The minimum Gasteiger partial charge on any atom is -0.465 e. The number of tetrazole rings is 1. The van der Waals surface area contributed by atoms with Crippen molar-refractivity contribution in [2.24, 2.45) is 0 Å². The Kier molecular flexibility index (Phi) is 5.88. The fourth-order valence-electron chi connectivity index (χ4n) is 3.31. The third-order valence-electron chi connectivity index (χ3n) is 4.62. The third-order valence-corrected chi connectivity index (χ3v) is 5.65. The van der Waals surface area contributed by atoms with Crippen LogP contribution >= 0.6 is 11.8 Å². The molecule has 29 heavy (non-hydrogen) atoms. The number of hydrogen-bond acceptors (Lipinski definition) is 7. The number of nitrogens with one attached hydrogen (secondary N) is 1. The van der Waals surface area contributed by atoms with Gasteiger partial charge in [0.15, 0.2) is 5.78 Å². The maximum absolute atomic E-state index is 13.0. The second-order valence-electron chi connectivity index (χ2n) is 6.96. The lowest BCUT2D eigenvalue weighted by atomic mass is 10.1. The number of H-pyrrole nitrogens is 1. The first-order valence-corrected chi connectivity index (χ1v) is 9.96. The Labute approximate surface area is 173 Å². The summed E-state index contributed by atoms with van der Waals surface area (Å²) in [7, 11) is 1.32. The van der Waals surface area contributed by atoms with Crippen LogP contribution in [0.4, 0.5) is 0 Å². The average molecular weight is 414 g/mol. The predicted octanol–water partition coefficient (Wildman–Crippen LogP) is 3.37. The Morgan fingerprint density at radius 2 is 1.79 bits per heavy atom. The molecule has 0 bridgehead atoms. The molecule has 8 nitrogen and oxygen atoms in total. The predicted molar refractivity (Wildman–Crippen MR) is 110 cm³/mol. The number of benzene rings is 1. The maximum Gasteiger partial charge on any atom is 0.339 e. The SMILES string of the molecule is COC(=O)c1c(C)[nH]c(C(=O)[C@@H](C)Sc2nnnn2-c2cc(C)cc(C)c2)c1C. The van der Waals surface area contributed by atoms with E-state index >= 15 is 0 Å². The zero-order chi connectivity index (χ0) is 21.3. The van der Waals surface area contributed by atoms with Gasteiger partial charge in [0.25, 0.3) is 0 Å². The minimum atomic E-state index is -0.465. The standard InChI is InChI=1S/C20H23N5O3S/c1-10-7-11(2)9-15(8-10)25-20(22-23-24-25)29-14(5)18(26)17-12(3)16(13(4)21-17)19(27)28-6/h7-9,14,21H,1-6H3/t14-/m1/s1. The zero-order valence-electron chi connectivity index (χ0n) is 17.2. The summed E-state index contributed by atoms with van der Waals surface area (Å²) in [5.41, 5.74) is 5.03. The van der Waals surface area contributed by atoms with Gasteiger partial charge in [-0.05, 0) is 73.9 Å². The van der Waals surface area contributed by atoms with Gasteiger partial charge in [0, 0.05) is 5.69 Å². The largest absolute Gasteiger partial charge is 0.465 e. The van der Waals surface area contributed by atoms with E-state index in [1.807, 2.05) is 26.0 Å². The number of carbonyl (C=O) groups excluding carboxylic acids is 2. The van der Waals surface area contributed by atoms with E-state index in [-0.39, 0.29) is 5.78 Å². The number of aromatic nitrogens is 5. The van der Waals surface area contributed by atoms with Crippen molar-refractivity contribution in [2.75, 3.05) is 7.11 Å². The number of aryl methyl sites for hydroxylation is 3. The molecule has 0 fully saturated rings. The highest BCUT2D eigenvalue weighted by atomic mass is 32.2. The van der Waals surface area contributed by atoms with Crippen molar-refractivity contribution in [3.63, 3.8) is 0 Å². The zero-order valence-corrected chi connectivity index (χ0v) is 18.0. The van der Waals surface area contributed by atoms with Gasteiger partial charge in [0.1, 0.15) is 0 Å². The van der Waals surface area contributed by atoms with Gasteiger partial charge >= 0.3 is 5.97 Å². The fourth-order valence-corrected chi connectivity index (χ4v) is 4.17. The highest BCUT2D eigenvalue weighted by molar-refractivity contribution is 8.00. The number of methoxy groups -OCH3 is 1. The van der Waals surface area contributed by atoms with E-state index < -0.39 is 11.2 Å². The molecule has 0 amide bonds. The van der Waals surface area contributed by atoms with Crippen molar-refractivity contribution >= 4 is 23.5 Å². The highest BCUT2D eigenvalue weighted by Crippen LogP contribution is 2.28. The van der Waals surface area contributed by atoms with Crippen molar-refractivity contribution < 1.29 is 14.3 Å². The molecular formula is C20H23N5O3S. The number of hydrogen-bond donors (Lipinski definition) is 1. The van der Waals surface area contributed by atoms with E-state index in [9.17, 15) is 9.59 Å². The molecule has 0 spiro atoms. The molecule has 2 heterocycles. The number of ketones is 1. The molecule has 1 aromatic carbocycles. The normalized spacial score (nSPS) is 12.1. The summed E-state index contributed by atoms with van der Waals surface area (Å²) in [6, 6.07) is 6.05. The van der Waals surface area contributed by atoms with E-state index in [0.29, 0.717) is 27.7 Å². The highest BCUT2D eigenvalue weighted by Gasteiger charge is 2.27. The van der Waals surface area contributed by atoms with Gasteiger partial charge in [-0.1, -0.05) is 17.8 Å². The van der Waals surface area contributed by atoms with Gasteiger partial charge in [-0.25, -0.2) is 4.79 Å². The molecular weight excluding hydrogens is 390 g/mol. The van der Waals surface area contributed by atoms with E-state index in [4.69, 9.17) is 4.74 Å². The number of esters is 1. The Balaban J connectivity index is 1.87. The lowest BCUT2D eigenvalue weighted by Crippen LogP contribution is -2.16. The number of Topliss-reactive ketones (excluding diaryl/α,β-unsaturated/α-hetero) is 1. The van der Waals surface area contributed by atoms with Crippen LogP contribution in [-0.4, -0.2) is 49.3 Å². The molecule has 0 aliphatic rings. The summed E-state index contributed by atoms with van der Waals surface area (Å²) in [6.07, 6.45) is 0. The van der Waals surface area contributed by atoms with Crippen LogP contribution in [0.5, 0.6) is 0 Å². The fraction of sp³-hybridized carbons (Fsp3) is 0.350. The van der Waals surface area contributed by atoms with E-state index in [2.05, 4.69) is 26.6 Å². The number of ether oxygens (including phenoxy) is 1. The lowest BCUT2D eigenvalue weighted by molar-refractivity contribution is 0.0599. The van der Waals surface area contributed by atoms with Gasteiger partial charge in [-0.2, -0.15) is 4.68 Å². The van der Waals surface area contributed by atoms with E-state index in [1.54, 1.807) is 25.5 Å². The Morgan fingerprint density at radius 3 is 2.41 bits per heavy atom. The second-order valence-corrected chi connectivity index (χ2v) is 8.27. The number of aromatic amines is 1. The van der Waals surface area contributed by atoms with Crippen molar-refractivity contribution in [3.8, 4) is 5.69 Å². The number of rotatable bonds is 6. The van der Waals surface area contributed by atoms with Gasteiger partial charge in [0.2, 0.25) is 5.16 Å². The van der Waals surface area contributed by atoms with Crippen molar-refractivity contribution in [2.45, 2.75) is 45.0 Å². The molecule has 1 atom stereocenters. The molecule has 0 unspecified atom stereocenters. The van der Waals surface area contributed by atoms with Gasteiger partial charge in [0.05, 0.1) is 29.3 Å². The molecule has 0 saturated carbocycles. The molecule has 3 aromatic rings. The summed E-state index contributed by atoms with van der Waals surface area (Å²) >= 11 is 1.27. The van der Waals surface area contributed by atoms with Gasteiger partial charge in [-0.3, -0.25) is 4.79 Å². The van der Waals surface area contributed by atoms with Crippen LogP contribution in [0.1, 0.15) is 50.2 Å². The van der Waals surface area contributed by atoms with E-state index in [0.717, 1.165) is 16.8 Å². The summed E-state index contributed by atoms with van der Waals surface area (Å²) < 4.78 is 6.44. The van der Waals surface area contributed by atoms with Crippen molar-refractivity contribution in [3.05, 3.63) is 51.8 Å². The molecule has 1 N–H and O–H groups in total. The minimum absolute atomic E-state index is 0.138.